The van der Waals surface area contributed by atoms with Crippen LogP contribution in [0.15, 0.2) is 35.4 Å². The van der Waals surface area contributed by atoms with Gasteiger partial charge in [-0.2, -0.15) is 0 Å². The summed E-state index contributed by atoms with van der Waals surface area (Å²) >= 11 is 0. The molecule has 1 aliphatic carbocycles. The van der Waals surface area contributed by atoms with Crippen molar-refractivity contribution in [2.45, 2.75) is 62.9 Å². The second kappa shape index (κ2) is 8.54. The predicted molar refractivity (Wildman–Crippen MR) is 126 cm³/mol. The van der Waals surface area contributed by atoms with Gasteiger partial charge in [-0.3, -0.25) is 14.3 Å². The van der Waals surface area contributed by atoms with Crippen molar-refractivity contribution in [3.63, 3.8) is 0 Å². The molecule has 10 heteroatoms. The van der Waals surface area contributed by atoms with Crippen LogP contribution in [0.25, 0.3) is 11.2 Å². The minimum atomic E-state index is -0.828. The number of ether oxygens (including phenoxy) is 3. The first-order valence-electron chi connectivity index (χ1n) is 12.1. The van der Waals surface area contributed by atoms with Crippen molar-refractivity contribution >= 4 is 11.2 Å². The molecule has 7 rings (SSSR count). The predicted octanol–water partition coefficient (Wildman–Crippen LogP) is 1.50. The molecule has 10 nitrogen and oxygen atoms in total. The summed E-state index contributed by atoms with van der Waals surface area (Å²) in [6.45, 7) is 4.17. The van der Waals surface area contributed by atoms with E-state index in [0.717, 1.165) is 30.0 Å². The summed E-state index contributed by atoms with van der Waals surface area (Å²) in [5.41, 5.74) is 1.69. The van der Waals surface area contributed by atoms with Gasteiger partial charge in [0, 0.05) is 23.8 Å². The number of aliphatic hydroxyl groups excluding tert-OH is 1. The van der Waals surface area contributed by atoms with Crippen molar-refractivity contribution in [1.29, 1.82) is 0 Å². The van der Waals surface area contributed by atoms with Crippen LogP contribution < -0.4 is 20.3 Å². The topological polar surface area (TPSA) is 121 Å². The molecule has 2 bridgehead atoms. The molecule has 3 fully saturated rings. The number of pyridine rings is 2. The average Bonchev–Trinajstić information content (AvgIpc) is 2.90. The van der Waals surface area contributed by atoms with Crippen molar-refractivity contribution in [3.8, 4) is 11.5 Å². The summed E-state index contributed by atoms with van der Waals surface area (Å²) < 4.78 is 19.1. The Hall–Kier alpha value is -3.08. The van der Waals surface area contributed by atoms with Gasteiger partial charge in [0.25, 0.3) is 5.56 Å². The Morgan fingerprint density at radius 3 is 2.69 bits per heavy atom. The van der Waals surface area contributed by atoms with Gasteiger partial charge in [0.2, 0.25) is 0 Å². The molecule has 3 aliphatic heterocycles. The van der Waals surface area contributed by atoms with E-state index in [9.17, 15) is 9.90 Å². The van der Waals surface area contributed by atoms with Crippen molar-refractivity contribution in [2.75, 3.05) is 19.8 Å². The molecule has 0 aromatic carbocycles. The number of nitrogens with one attached hydrogen (secondary N) is 1. The maximum atomic E-state index is 12.6. The second-order valence-electron chi connectivity index (χ2n) is 9.82. The zero-order valence-electron chi connectivity index (χ0n) is 19.7. The van der Waals surface area contributed by atoms with Gasteiger partial charge in [-0.15, -0.1) is 0 Å². The molecule has 0 amide bonds. The lowest BCUT2D eigenvalue weighted by molar-refractivity contribution is -0.211. The molecule has 3 aromatic rings. The van der Waals surface area contributed by atoms with Crippen LogP contribution in [0.5, 0.6) is 11.5 Å². The van der Waals surface area contributed by atoms with Crippen LogP contribution in [0, 0.1) is 6.92 Å². The van der Waals surface area contributed by atoms with Crippen LogP contribution in [0.1, 0.15) is 37.1 Å². The molecule has 0 spiro atoms. The molecule has 1 saturated carbocycles. The maximum Gasteiger partial charge on any atom is 0.270 e. The summed E-state index contributed by atoms with van der Waals surface area (Å²) in [7, 11) is 0. The van der Waals surface area contributed by atoms with Crippen LogP contribution in [-0.4, -0.2) is 61.7 Å². The molecular weight excluding hydrogens is 450 g/mol. The van der Waals surface area contributed by atoms with E-state index in [4.69, 9.17) is 14.2 Å². The van der Waals surface area contributed by atoms with E-state index in [0.29, 0.717) is 56.1 Å². The van der Waals surface area contributed by atoms with Crippen molar-refractivity contribution in [3.05, 3.63) is 52.3 Å². The van der Waals surface area contributed by atoms with E-state index in [1.54, 1.807) is 6.20 Å². The van der Waals surface area contributed by atoms with Gasteiger partial charge >= 0.3 is 0 Å². The van der Waals surface area contributed by atoms with Crippen molar-refractivity contribution in [1.82, 2.24) is 24.8 Å². The third-order valence-corrected chi connectivity index (χ3v) is 7.61. The van der Waals surface area contributed by atoms with Crippen LogP contribution >= 0.6 is 0 Å². The number of nitrogens with zero attached hydrogens (tertiary/aromatic N) is 4. The SMILES string of the molecule is Cc1ccc2ncc(=O)n(CC(O)C34CCC(NCc5cc6c(cn5)OCCO6)(CC3)CO4)c2n1. The Bertz CT molecular complexity index is 1300. The summed E-state index contributed by atoms with van der Waals surface area (Å²) in [6.07, 6.45) is 5.33. The minimum absolute atomic E-state index is 0.121. The fraction of sp³-hybridized carbons (Fsp3) is 0.520. The van der Waals surface area contributed by atoms with Gasteiger partial charge < -0.3 is 24.6 Å². The molecule has 184 valence electrons. The van der Waals surface area contributed by atoms with Gasteiger partial charge in [0.05, 0.1) is 36.8 Å². The average molecular weight is 480 g/mol. The van der Waals surface area contributed by atoms with E-state index < -0.39 is 11.7 Å². The highest BCUT2D eigenvalue weighted by atomic mass is 16.6. The molecule has 6 heterocycles. The third-order valence-electron chi connectivity index (χ3n) is 7.61. The van der Waals surface area contributed by atoms with E-state index in [1.807, 2.05) is 25.1 Å². The molecule has 4 aliphatic rings. The lowest BCUT2D eigenvalue weighted by atomic mass is 9.69. The molecule has 2 saturated heterocycles. The van der Waals surface area contributed by atoms with Crippen molar-refractivity contribution in [2.24, 2.45) is 0 Å². The van der Waals surface area contributed by atoms with E-state index in [-0.39, 0.29) is 17.6 Å². The molecule has 3 aromatic heterocycles. The highest BCUT2D eigenvalue weighted by Crippen LogP contribution is 2.46. The van der Waals surface area contributed by atoms with Gasteiger partial charge in [-0.1, -0.05) is 0 Å². The molecule has 1 atom stereocenters. The van der Waals surface area contributed by atoms with Gasteiger partial charge in [0.15, 0.2) is 17.1 Å². The first-order valence-corrected chi connectivity index (χ1v) is 12.1. The van der Waals surface area contributed by atoms with E-state index >= 15 is 0 Å². The highest BCUT2D eigenvalue weighted by molar-refractivity contribution is 5.69. The number of aryl methyl sites for hydroxylation is 1. The van der Waals surface area contributed by atoms with Gasteiger partial charge in [-0.05, 0) is 44.7 Å². The smallest absolute Gasteiger partial charge is 0.270 e. The maximum absolute atomic E-state index is 12.6. The van der Waals surface area contributed by atoms with Crippen LogP contribution in [-0.2, 0) is 17.8 Å². The number of aliphatic hydroxyl groups is 1. The monoisotopic (exact) mass is 479 g/mol. The van der Waals surface area contributed by atoms with Crippen LogP contribution in [0.4, 0.5) is 0 Å². The molecule has 0 radical (unpaired) electrons. The first-order chi connectivity index (χ1) is 17.0. The fourth-order valence-corrected chi connectivity index (χ4v) is 5.39. The highest BCUT2D eigenvalue weighted by Gasteiger charge is 2.53. The fourth-order valence-electron chi connectivity index (χ4n) is 5.39. The number of fused-ring (bicyclic) bond motifs is 5. The van der Waals surface area contributed by atoms with Gasteiger partial charge in [0.1, 0.15) is 24.8 Å². The first kappa shape index (κ1) is 22.4. The second-order valence-corrected chi connectivity index (χ2v) is 9.82. The standard InChI is InChI=1S/C25H29N5O5/c1-16-2-3-18-23(29-16)30(22(32)13-27-18)14-21(31)25-6-4-24(5-7-25,15-35-25)28-11-17-10-19-20(12-26-17)34-9-8-33-19/h2-3,10,12-13,21,28,31H,4-9,11,14-15H2,1H3. The normalized spacial score (nSPS) is 26.1. The minimum Gasteiger partial charge on any atom is -0.486 e. The number of rotatable bonds is 6. The van der Waals surface area contributed by atoms with E-state index in [1.165, 1.54) is 10.8 Å². The zero-order chi connectivity index (χ0) is 24.0. The van der Waals surface area contributed by atoms with Crippen LogP contribution in [0.2, 0.25) is 0 Å². The van der Waals surface area contributed by atoms with Crippen LogP contribution in [0.3, 0.4) is 0 Å². The van der Waals surface area contributed by atoms with Crippen molar-refractivity contribution < 1.29 is 19.3 Å². The summed E-state index contributed by atoms with van der Waals surface area (Å²) in [5, 5.41) is 14.9. The Morgan fingerprint density at radius 1 is 1.11 bits per heavy atom. The summed E-state index contributed by atoms with van der Waals surface area (Å²) in [5.74, 6) is 1.41. The lowest BCUT2D eigenvalue weighted by Crippen LogP contribution is -2.65. The Morgan fingerprint density at radius 2 is 1.91 bits per heavy atom. The molecular formula is C25H29N5O5. The quantitative estimate of drug-likeness (QED) is 0.542. The Kier molecular flexibility index (Phi) is 5.46. The largest absolute Gasteiger partial charge is 0.486 e. The van der Waals surface area contributed by atoms with E-state index in [2.05, 4.69) is 20.3 Å². The lowest BCUT2D eigenvalue weighted by Gasteiger charge is -2.55. The summed E-state index contributed by atoms with van der Waals surface area (Å²) in [6, 6.07) is 5.62. The molecule has 2 N–H and O–H groups in total. The number of hydrogen-bond donors (Lipinski definition) is 2. The summed E-state index contributed by atoms with van der Waals surface area (Å²) in [4.78, 5) is 25.8. The molecule has 35 heavy (non-hydrogen) atoms. The third kappa shape index (κ3) is 4.05. The number of hydrogen-bond acceptors (Lipinski definition) is 9. The Labute approximate surface area is 202 Å². The number of aromatic nitrogens is 4. The zero-order valence-corrected chi connectivity index (χ0v) is 19.7. The molecule has 1 unspecified atom stereocenters. The van der Waals surface area contributed by atoms with Gasteiger partial charge in [-0.25, -0.2) is 9.97 Å². The Balaban J connectivity index is 1.13.